The fourth-order valence-electron chi connectivity index (χ4n) is 1.50. The summed E-state index contributed by atoms with van der Waals surface area (Å²) in [5, 5.41) is 13.0. The highest BCUT2D eigenvalue weighted by molar-refractivity contribution is 14.0. The lowest BCUT2D eigenvalue weighted by atomic mass is 10.1. The van der Waals surface area contributed by atoms with E-state index in [0.29, 0.717) is 5.96 Å². The first-order valence-corrected chi connectivity index (χ1v) is 6.10. The number of nitrogens with one attached hydrogen (secondary N) is 1. The summed E-state index contributed by atoms with van der Waals surface area (Å²) in [4.78, 5) is 4.14. The number of benzene rings is 1. The number of aliphatic hydroxyl groups excluding tert-OH is 1. The van der Waals surface area contributed by atoms with Crippen LogP contribution in [0.2, 0.25) is 0 Å². The van der Waals surface area contributed by atoms with Crippen molar-refractivity contribution in [3.05, 3.63) is 35.4 Å². The molecule has 1 atom stereocenters. The van der Waals surface area contributed by atoms with Gasteiger partial charge in [0.15, 0.2) is 5.96 Å². The highest BCUT2D eigenvalue weighted by atomic mass is 127. The van der Waals surface area contributed by atoms with Gasteiger partial charge in [0, 0.05) is 5.54 Å². The van der Waals surface area contributed by atoms with Crippen molar-refractivity contribution in [3.8, 4) is 0 Å². The van der Waals surface area contributed by atoms with E-state index < -0.39 is 6.10 Å². The van der Waals surface area contributed by atoms with E-state index in [2.05, 4.69) is 10.3 Å². The molecule has 4 nitrogen and oxygen atoms in total. The third kappa shape index (κ3) is 7.37. The van der Waals surface area contributed by atoms with Crippen LogP contribution in [-0.2, 0) is 0 Å². The minimum Gasteiger partial charge on any atom is -0.386 e. The molecule has 1 rings (SSSR count). The van der Waals surface area contributed by atoms with Crippen molar-refractivity contribution < 1.29 is 5.11 Å². The summed E-state index contributed by atoms with van der Waals surface area (Å²) >= 11 is 0. The molecule has 0 radical (unpaired) electrons. The van der Waals surface area contributed by atoms with Crippen molar-refractivity contribution in [1.29, 1.82) is 0 Å². The summed E-state index contributed by atoms with van der Waals surface area (Å²) in [5.41, 5.74) is 7.64. The van der Waals surface area contributed by atoms with Crippen LogP contribution in [0, 0.1) is 6.92 Å². The maximum atomic E-state index is 9.97. The van der Waals surface area contributed by atoms with Gasteiger partial charge in [-0.05, 0) is 33.3 Å². The molecule has 1 aromatic rings. The molecule has 0 aliphatic carbocycles. The molecular weight excluding hydrogens is 353 g/mol. The van der Waals surface area contributed by atoms with E-state index in [9.17, 15) is 5.11 Å². The first-order valence-electron chi connectivity index (χ1n) is 6.10. The lowest BCUT2D eigenvalue weighted by Gasteiger charge is -2.21. The molecular formula is C14H24IN3O. The molecule has 0 aromatic heterocycles. The van der Waals surface area contributed by atoms with Crippen molar-refractivity contribution in [3.63, 3.8) is 0 Å². The summed E-state index contributed by atoms with van der Waals surface area (Å²) in [5.74, 6) is 0.355. The van der Waals surface area contributed by atoms with E-state index in [4.69, 9.17) is 5.73 Å². The molecule has 0 aliphatic heterocycles. The lowest BCUT2D eigenvalue weighted by Crippen LogP contribution is -2.45. The van der Waals surface area contributed by atoms with Gasteiger partial charge in [-0.25, -0.2) is 0 Å². The Morgan fingerprint density at radius 2 is 1.84 bits per heavy atom. The minimum absolute atomic E-state index is 0. The van der Waals surface area contributed by atoms with Gasteiger partial charge in [0.25, 0.3) is 0 Å². The summed E-state index contributed by atoms with van der Waals surface area (Å²) in [6.45, 7) is 8.29. The van der Waals surface area contributed by atoms with Crippen molar-refractivity contribution in [2.75, 3.05) is 6.54 Å². The van der Waals surface area contributed by atoms with Crippen LogP contribution in [0.3, 0.4) is 0 Å². The molecule has 108 valence electrons. The number of halogens is 1. The van der Waals surface area contributed by atoms with Crippen molar-refractivity contribution in [1.82, 2.24) is 5.32 Å². The number of hydrogen-bond donors (Lipinski definition) is 3. The third-order valence-corrected chi connectivity index (χ3v) is 2.40. The second kappa shape index (κ2) is 7.69. The standard InChI is InChI=1S/C14H23N3O.HI/c1-10-5-7-11(8-6-10)12(18)9-16-13(15)17-14(2,3)4;/h5-8,12,18H,9H2,1-4H3,(H3,15,16,17);1H. The van der Waals surface area contributed by atoms with Crippen LogP contribution in [0.4, 0.5) is 0 Å². The topological polar surface area (TPSA) is 70.6 Å². The van der Waals surface area contributed by atoms with Gasteiger partial charge in [-0.3, -0.25) is 4.99 Å². The average Bonchev–Trinajstić information content (AvgIpc) is 2.24. The number of nitrogens with two attached hydrogens (primary N) is 1. The quantitative estimate of drug-likeness (QED) is 0.430. The van der Waals surface area contributed by atoms with E-state index >= 15 is 0 Å². The molecule has 0 heterocycles. The first-order chi connectivity index (χ1) is 8.28. The molecule has 0 saturated heterocycles. The number of nitrogens with zero attached hydrogens (tertiary/aromatic N) is 1. The number of aliphatic hydroxyl groups is 1. The zero-order chi connectivity index (χ0) is 13.8. The largest absolute Gasteiger partial charge is 0.386 e. The van der Waals surface area contributed by atoms with Crippen LogP contribution in [0.1, 0.15) is 38.0 Å². The Hall–Kier alpha value is -0.820. The Balaban J connectivity index is 0.00000324. The lowest BCUT2D eigenvalue weighted by molar-refractivity contribution is 0.187. The summed E-state index contributed by atoms with van der Waals surface area (Å²) in [7, 11) is 0. The smallest absolute Gasteiger partial charge is 0.189 e. The number of aryl methyl sites for hydroxylation is 1. The number of guanidine groups is 1. The molecule has 5 heteroatoms. The van der Waals surface area contributed by atoms with E-state index in [1.165, 1.54) is 5.56 Å². The van der Waals surface area contributed by atoms with Gasteiger partial charge in [0.1, 0.15) is 0 Å². The number of rotatable bonds is 3. The fourth-order valence-corrected chi connectivity index (χ4v) is 1.50. The highest BCUT2D eigenvalue weighted by Crippen LogP contribution is 2.13. The Labute approximate surface area is 132 Å². The summed E-state index contributed by atoms with van der Waals surface area (Å²) < 4.78 is 0. The number of hydrogen-bond acceptors (Lipinski definition) is 2. The van der Waals surface area contributed by atoms with E-state index in [1.807, 2.05) is 52.0 Å². The minimum atomic E-state index is -0.620. The fraction of sp³-hybridized carbons (Fsp3) is 0.500. The SMILES string of the molecule is Cc1ccc(C(O)CN=C(N)NC(C)(C)C)cc1.I. The molecule has 4 N–H and O–H groups in total. The second-order valence-corrected chi connectivity index (χ2v) is 5.53. The zero-order valence-electron chi connectivity index (χ0n) is 12.0. The van der Waals surface area contributed by atoms with Gasteiger partial charge < -0.3 is 16.2 Å². The Kier molecular flexibility index (Phi) is 7.36. The maximum Gasteiger partial charge on any atom is 0.189 e. The monoisotopic (exact) mass is 377 g/mol. The van der Waals surface area contributed by atoms with Crippen LogP contribution < -0.4 is 11.1 Å². The molecule has 0 aliphatic rings. The Bertz CT molecular complexity index is 410. The second-order valence-electron chi connectivity index (χ2n) is 5.53. The van der Waals surface area contributed by atoms with Crippen molar-refractivity contribution in [2.45, 2.75) is 39.3 Å². The van der Waals surface area contributed by atoms with Gasteiger partial charge in [-0.1, -0.05) is 29.8 Å². The van der Waals surface area contributed by atoms with Gasteiger partial charge in [-0.2, -0.15) is 0 Å². The van der Waals surface area contributed by atoms with Gasteiger partial charge in [-0.15, -0.1) is 24.0 Å². The molecule has 0 spiro atoms. The summed E-state index contributed by atoms with van der Waals surface area (Å²) in [6.07, 6.45) is -0.620. The van der Waals surface area contributed by atoms with Crippen LogP contribution in [0.25, 0.3) is 0 Å². The first kappa shape index (κ1) is 18.2. The van der Waals surface area contributed by atoms with Crippen LogP contribution in [0.15, 0.2) is 29.3 Å². The molecule has 0 saturated carbocycles. The van der Waals surface area contributed by atoms with Gasteiger partial charge >= 0.3 is 0 Å². The molecule has 1 aromatic carbocycles. The predicted molar refractivity (Wildman–Crippen MR) is 90.9 cm³/mol. The van der Waals surface area contributed by atoms with E-state index in [-0.39, 0.29) is 36.1 Å². The third-order valence-electron chi connectivity index (χ3n) is 2.40. The molecule has 19 heavy (non-hydrogen) atoms. The van der Waals surface area contributed by atoms with Gasteiger partial charge in [0.2, 0.25) is 0 Å². The Morgan fingerprint density at radius 3 is 2.32 bits per heavy atom. The molecule has 0 fully saturated rings. The summed E-state index contributed by atoms with van der Waals surface area (Å²) in [6, 6.07) is 7.75. The molecule has 1 unspecified atom stereocenters. The van der Waals surface area contributed by atoms with Crippen molar-refractivity contribution in [2.24, 2.45) is 10.7 Å². The Morgan fingerprint density at radius 1 is 1.32 bits per heavy atom. The normalized spacial score (nSPS) is 13.6. The highest BCUT2D eigenvalue weighted by Gasteiger charge is 2.11. The maximum absolute atomic E-state index is 9.97. The predicted octanol–water partition coefficient (Wildman–Crippen LogP) is 2.35. The number of aliphatic imine (C=N–C) groups is 1. The van der Waals surface area contributed by atoms with Gasteiger partial charge in [0.05, 0.1) is 12.6 Å². The van der Waals surface area contributed by atoms with Crippen LogP contribution >= 0.6 is 24.0 Å². The van der Waals surface area contributed by atoms with Crippen LogP contribution in [0.5, 0.6) is 0 Å². The van der Waals surface area contributed by atoms with E-state index in [1.54, 1.807) is 0 Å². The van der Waals surface area contributed by atoms with Crippen LogP contribution in [-0.4, -0.2) is 23.1 Å². The van der Waals surface area contributed by atoms with Crippen molar-refractivity contribution >= 4 is 29.9 Å². The van der Waals surface area contributed by atoms with E-state index in [0.717, 1.165) is 5.56 Å². The molecule has 0 bridgehead atoms. The molecule has 0 amide bonds. The zero-order valence-corrected chi connectivity index (χ0v) is 14.3. The average molecular weight is 377 g/mol.